The molecule has 4 rings (SSSR count). The average molecular weight is 459 g/mol. The summed E-state index contributed by atoms with van der Waals surface area (Å²) in [5.41, 5.74) is 0.940. The number of rotatable bonds is 7. The van der Waals surface area contributed by atoms with Gasteiger partial charge in [0, 0.05) is 5.56 Å². The highest BCUT2D eigenvalue weighted by molar-refractivity contribution is 5.67. The lowest BCUT2D eigenvalue weighted by molar-refractivity contribution is 0.140. The van der Waals surface area contributed by atoms with Crippen LogP contribution in [-0.4, -0.2) is 7.11 Å². The van der Waals surface area contributed by atoms with Gasteiger partial charge in [-0.25, -0.2) is 13.2 Å². The molecule has 0 heterocycles. The van der Waals surface area contributed by atoms with Crippen LogP contribution in [0.3, 0.4) is 0 Å². The Bertz CT molecular complexity index is 892. The third-order valence-corrected chi connectivity index (χ3v) is 8.30. The maximum absolute atomic E-state index is 15.4. The Balaban J connectivity index is 1.46. The average Bonchev–Trinajstić information content (AvgIpc) is 2.84. The first kappa shape index (κ1) is 24.2. The van der Waals surface area contributed by atoms with E-state index in [2.05, 4.69) is 6.92 Å². The van der Waals surface area contributed by atoms with E-state index in [0.29, 0.717) is 22.8 Å². The minimum Gasteiger partial charge on any atom is -0.497 e. The first-order valence-corrected chi connectivity index (χ1v) is 12.8. The normalized spacial score (nSPS) is 25.9. The number of halogens is 3. The van der Waals surface area contributed by atoms with Gasteiger partial charge >= 0.3 is 0 Å². The van der Waals surface area contributed by atoms with Gasteiger partial charge in [-0.3, -0.25) is 0 Å². The molecule has 2 aromatic carbocycles. The first-order valence-electron chi connectivity index (χ1n) is 12.8. The SMILES string of the molecule is CCCC1CCC(C2CCC(c3ccc(-c4ccc(OC)cc4)c(F)c3C(F)F)CC2)CC1. The van der Waals surface area contributed by atoms with Crippen LogP contribution in [0.1, 0.15) is 94.6 Å². The molecular weight excluding hydrogens is 421 g/mol. The summed E-state index contributed by atoms with van der Waals surface area (Å²) < 4.78 is 48.6. The van der Waals surface area contributed by atoms with Crippen LogP contribution < -0.4 is 4.74 Å². The molecule has 33 heavy (non-hydrogen) atoms. The molecular formula is C29H37F3O. The van der Waals surface area contributed by atoms with Gasteiger partial charge in [-0.2, -0.15) is 0 Å². The molecule has 2 aliphatic carbocycles. The van der Waals surface area contributed by atoms with Crippen molar-refractivity contribution in [2.24, 2.45) is 17.8 Å². The Morgan fingerprint density at radius 3 is 2.00 bits per heavy atom. The van der Waals surface area contributed by atoms with E-state index in [4.69, 9.17) is 4.74 Å². The Labute approximate surface area is 196 Å². The van der Waals surface area contributed by atoms with Crippen molar-refractivity contribution in [3.63, 3.8) is 0 Å². The van der Waals surface area contributed by atoms with Gasteiger partial charge in [-0.1, -0.05) is 56.9 Å². The summed E-state index contributed by atoms with van der Waals surface area (Å²) in [4.78, 5) is 0. The van der Waals surface area contributed by atoms with Crippen LogP contribution in [0.25, 0.3) is 11.1 Å². The zero-order valence-electron chi connectivity index (χ0n) is 20.0. The maximum atomic E-state index is 15.4. The van der Waals surface area contributed by atoms with E-state index in [1.54, 1.807) is 43.5 Å². The summed E-state index contributed by atoms with van der Waals surface area (Å²) in [7, 11) is 1.56. The van der Waals surface area contributed by atoms with E-state index in [1.807, 2.05) is 0 Å². The van der Waals surface area contributed by atoms with Crippen LogP contribution in [-0.2, 0) is 0 Å². The zero-order valence-corrected chi connectivity index (χ0v) is 20.0. The fourth-order valence-corrected chi connectivity index (χ4v) is 6.44. The van der Waals surface area contributed by atoms with E-state index >= 15 is 4.39 Å². The molecule has 4 heteroatoms. The van der Waals surface area contributed by atoms with Crippen molar-refractivity contribution in [3.8, 4) is 16.9 Å². The molecule has 0 spiro atoms. The quantitative estimate of drug-likeness (QED) is 0.402. The number of methoxy groups -OCH3 is 1. The molecule has 0 saturated heterocycles. The minimum absolute atomic E-state index is 0.0288. The molecule has 2 aromatic rings. The van der Waals surface area contributed by atoms with Crippen molar-refractivity contribution < 1.29 is 17.9 Å². The molecule has 0 N–H and O–H groups in total. The summed E-state index contributed by atoms with van der Waals surface area (Å²) in [5.74, 6) is 2.32. The molecule has 0 atom stereocenters. The van der Waals surface area contributed by atoms with E-state index in [9.17, 15) is 8.78 Å². The second kappa shape index (κ2) is 11.0. The van der Waals surface area contributed by atoms with Crippen molar-refractivity contribution in [2.45, 2.75) is 83.5 Å². The number of benzene rings is 2. The van der Waals surface area contributed by atoms with Gasteiger partial charge in [0.1, 0.15) is 11.6 Å². The summed E-state index contributed by atoms with van der Waals surface area (Å²) in [6, 6.07) is 10.3. The highest BCUT2D eigenvalue weighted by Crippen LogP contribution is 2.47. The summed E-state index contributed by atoms with van der Waals surface area (Å²) in [5, 5.41) is 0. The lowest BCUT2D eigenvalue weighted by Gasteiger charge is -2.38. The van der Waals surface area contributed by atoms with Gasteiger partial charge in [0.05, 0.1) is 12.7 Å². The Morgan fingerprint density at radius 2 is 1.45 bits per heavy atom. The van der Waals surface area contributed by atoms with Crippen LogP contribution in [0.5, 0.6) is 5.75 Å². The van der Waals surface area contributed by atoms with Gasteiger partial charge in [0.2, 0.25) is 0 Å². The van der Waals surface area contributed by atoms with Crippen molar-refractivity contribution in [1.82, 2.24) is 0 Å². The van der Waals surface area contributed by atoms with Gasteiger partial charge in [-0.05, 0) is 85.5 Å². The van der Waals surface area contributed by atoms with Crippen molar-refractivity contribution in [3.05, 3.63) is 53.3 Å². The molecule has 180 valence electrons. The monoisotopic (exact) mass is 458 g/mol. The number of alkyl halides is 2. The van der Waals surface area contributed by atoms with E-state index < -0.39 is 17.8 Å². The van der Waals surface area contributed by atoms with Gasteiger partial charge in [0.15, 0.2) is 0 Å². The molecule has 1 nitrogen and oxygen atoms in total. The van der Waals surface area contributed by atoms with Crippen LogP contribution in [0.2, 0.25) is 0 Å². The second-order valence-corrected chi connectivity index (χ2v) is 10.1. The molecule has 0 amide bonds. The fourth-order valence-electron chi connectivity index (χ4n) is 6.44. The summed E-state index contributed by atoms with van der Waals surface area (Å²) in [6.07, 6.45) is 9.12. The largest absolute Gasteiger partial charge is 0.497 e. The molecule has 2 saturated carbocycles. The molecule has 2 aliphatic rings. The highest BCUT2D eigenvalue weighted by atomic mass is 19.3. The van der Waals surface area contributed by atoms with Crippen LogP contribution in [0.15, 0.2) is 36.4 Å². The maximum Gasteiger partial charge on any atom is 0.266 e. The minimum atomic E-state index is -2.82. The predicted molar refractivity (Wildman–Crippen MR) is 128 cm³/mol. The highest BCUT2D eigenvalue weighted by Gasteiger charge is 2.33. The molecule has 0 aromatic heterocycles. The van der Waals surface area contributed by atoms with Crippen LogP contribution in [0, 0.1) is 23.6 Å². The number of hydrogen-bond acceptors (Lipinski definition) is 1. The van der Waals surface area contributed by atoms with E-state index in [-0.39, 0.29) is 11.5 Å². The van der Waals surface area contributed by atoms with Gasteiger partial charge < -0.3 is 4.74 Å². The van der Waals surface area contributed by atoms with Gasteiger partial charge in [-0.15, -0.1) is 0 Å². The van der Waals surface area contributed by atoms with Crippen molar-refractivity contribution >= 4 is 0 Å². The third kappa shape index (κ3) is 5.41. The predicted octanol–water partition coefficient (Wildman–Crippen LogP) is 9.32. The van der Waals surface area contributed by atoms with E-state index in [0.717, 1.165) is 37.5 Å². The lowest BCUT2D eigenvalue weighted by Crippen LogP contribution is -2.25. The molecule has 2 fully saturated rings. The Kier molecular flexibility index (Phi) is 8.03. The van der Waals surface area contributed by atoms with Crippen molar-refractivity contribution in [1.29, 1.82) is 0 Å². The zero-order chi connectivity index (χ0) is 23.4. The second-order valence-electron chi connectivity index (χ2n) is 10.1. The van der Waals surface area contributed by atoms with Crippen molar-refractivity contribution in [2.75, 3.05) is 7.11 Å². The smallest absolute Gasteiger partial charge is 0.266 e. The fraction of sp³-hybridized carbons (Fsp3) is 0.586. The Morgan fingerprint density at radius 1 is 0.848 bits per heavy atom. The van der Waals surface area contributed by atoms with Gasteiger partial charge in [0.25, 0.3) is 6.43 Å². The number of hydrogen-bond donors (Lipinski definition) is 0. The molecule has 0 unspecified atom stereocenters. The third-order valence-electron chi connectivity index (χ3n) is 8.30. The standard InChI is InChI=1S/C29H37F3O/c1-3-4-19-5-7-20(8-6-19)21-9-11-22(12-10-21)25-17-18-26(28(30)27(25)29(31)32)23-13-15-24(33-2)16-14-23/h13-22,29H,3-12H2,1-2H3. The Hall–Kier alpha value is -1.97. The molecule has 0 aliphatic heterocycles. The molecule has 0 bridgehead atoms. The topological polar surface area (TPSA) is 9.23 Å². The summed E-state index contributed by atoms with van der Waals surface area (Å²) >= 11 is 0. The van der Waals surface area contributed by atoms with Crippen LogP contribution in [0.4, 0.5) is 13.2 Å². The van der Waals surface area contributed by atoms with Crippen LogP contribution >= 0.6 is 0 Å². The van der Waals surface area contributed by atoms with E-state index in [1.165, 1.54) is 38.5 Å². The summed E-state index contributed by atoms with van der Waals surface area (Å²) in [6.45, 7) is 2.27. The molecule has 0 radical (unpaired) electrons. The number of ether oxygens (including phenoxy) is 1. The lowest BCUT2D eigenvalue weighted by atomic mass is 9.67. The first-order chi connectivity index (χ1) is 16.0.